The summed E-state index contributed by atoms with van der Waals surface area (Å²) >= 11 is 0. The number of nitrogens with two attached hydrogens (primary N) is 1. The molecule has 0 aliphatic heterocycles. The van der Waals surface area contributed by atoms with Gasteiger partial charge < -0.3 is 15.8 Å². The molecule has 0 spiro atoms. The molecule has 0 unspecified atom stereocenters. The zero-order valence-corrected chi connectivity index (χ0v) is 11.9. The van der Waals surface area contributed by atoms with E-state index in [0.717, 1.165) is 16.2 Å². The van der Waals surface area contributed by atoms with Crippen LogP contribution in [-0.2, 0) is 11.2 Å². The average Bonchev–Trinajstić information content (AvgIpc) is 2.44. The van der Waals surface area contributed by atoms with Gasteiger partial charge in [0.05, 0.1) is 7.11 Å². The van der Waals surface area contributed by atoms with E-state index < -0.39 is 6.03 Å². The third-order valence-electron chi connectivity index (χ3n) is 2.80. The number of hydrogen-bond donors (Lipinski definition) is 2. The lowest BCUT2D eigenvalue weighted by molar-refractivity contribution is -0.125. The van der Waals surface area contributed by atoms with Crippen molar-refractivity contribution < 1.29 is 14.3 Å². The van der Waals surface area contributed by atoms with E-state index in [1.807, 2.05) is 24.3 Å². The van der Waals surface area contributed by atoms with E-state index in [1.165, 1.54) is 6.92 Å². The molecule has 0 aromatic heterocycles. The van der Waals surface area contributed by atoms with Crippen molar-refractivity contribution in [1.82, 2.24) is 10.2 Å². The molecule has 1 aromatic carbocycles. The van der Waals surface area contributed by atoms with Crippen molar-refractivity contribution in [2.45, 2.75) is 13.3 Å². The Kier molecular flexibility index (Phi) is 6.52. The van der Waals surface area contributed by atoms with Gasteiger partial charge in [-0.2, -0.15) is 0 Å². The molecule has 3 N–H and O–H groups in total. The van der Waals surface area contributed by atoms with E-state index in [4.69, 9.17) is 10.5 Å². The van der Waals surface area contributed by atoms with Crippen molar-refractivity contribution in [3.63, 3.8) is 0 Å². The van der Waals surface area contributed by atoms with Crippen LogP contribution in [-0.4, -0.2) is 43.6 Å². The van der Waals surface area contributed by atoms with E-state index in [-0.39, 0.29) is 19.0 Å². The molecule has 1 rings (SSSR count). The number of carbonyl (C=O) groups is 2. The Hall–Kier alpha value is -2.08. The largest absolute Gasteiger partial charge is 0.497 e. The van der Waals surface area contributed by atoms with Gasteiger partial charge in [-0.25, -0.2) is 4.79 Å². The Morgan fingerprint density at radius 3 is 2.75 bits per heavy atom. The zero-order chi connectivity index (χ0) is 15.0. The van der Waals surface area contributed by atoms with E-state index in [0.29, 0.717) is 13.0 Å². The summed E-state index contributed by atoms with van der Waals surface area (Å²) in [4.78, 5) is 24.2. The van der Waals surface area contributed by atoms with E-state index in [1.54, 1.807) is 7.11 Å². The molecule has 0 radical (unpaired) electrons. The van der Waals surface area contributed by atoms with Gasteiger partial charge in [-0.3, -0.25) is 9.69 Å². The Balaban J connectivity index is 2.46. The lowest BCUT2D eigenvalue weighted by Crippen LogP contribution is -2.45. The average molecular weight is 279 g/mol. The molecule has 1 aromatic rings. The normalized spacial score (nSPS) is 9.95. The minimum Gasteiger partial charge on any atom is -0.497 e. The van der Waals surface area contributed by atoms with Gasteiger partial charge in [-0.15, -0.1) is 0 Å². The second-order valence-electron chi connectivity index (χ2n) is 4.29. The van der Waals surface area contributed by atoms with Gasteiger partial charge >= 0.3 is 6.03 Å². The second-order valence-corrected chi connectivity index (χ2v) is 4.29. The Morgan fingerprint density at radius 2 is 2.15 bits per heavy atom. The first kappa shape index (κ1) is 16.0. The van der Waals surface area contributed by atoms with Crippen LogP contribution in [0.1, 0.15) is 12.5 Å². The first-order chi connectivity index (χ1) is 9.58. The third-order valence-corrected chi connectivity index (χ3v) is 2.80. The quantitative estimate of drug-likeness (QED) is 0.805. The van der Waals surface area contributed by atoms with Crippen LogP contribution in [0.2, 0.25) is 0 Å². The number of benzene rings is 1. The molecule has 0 heterocycles. The SMILES string of the molecule is COc1cccc(CCNC(=O)N(CCN)C(C)=O)c1. The predicted octanol–water partition coefficient (Wildman–Crippen LogP) is 0.754. The molecule has 0 aliphatic carbocycles. The van der Waals surface area contributed by atoms with Gasteiger partial charge in [0.25, 0.3) is 0 Å². The first-order valence-corrected chi connectivity index (χ1v) is 6.47. The van der Waals surface area contributed by atoms with Crippen molar-refractivity contribution in [3.8, 4) is 5.75 Å². The Bertz CT molecular complexity index is 463. The lowest BCUT2D eigenvalue weighted by Gasteiger charge is -2.18. The molecule has 6 heteroatoms. The van der Waals surface area contributed by atoms with Crippen molar-refractivity contribution in [2.24, 2.45) is 5.73 Å². The fourth-order valence-corrected chi connectivity index (χ4v) is 1.77. The summed E-state index contributed by atoms with van der Waals surface area (Å²) in [5, 5.41) is 2.70. The molecule has 0 aliphatic rings. The summed E-state index contributed by atoms with van der Waals surface area (Å²) in [6.07, 6.45) is 0.664. The molecular weight excluding hydrogens is 258 g/mol. The number of nitrogens with zero attached hydrogens (tertiary/aromatic N) is 1. The van der Waals surface area contributed by atoms with Gasteiger partial charge in [0.15, 0.2) is 0 Å². The number of nitrogens with one attached hydrogen (secondary N) is 1. The molecule has 6 nitrogen and oxygen atoms in total. The predicted molar refractivity (Wildman–Crippen MR) is 76.5 cm³/mol. The fourth-order valence-electron chi connectivity index (χ4n) is 1.77. The minimum atomic E-state index is -0.411. The molecule has 110 valence electrons. The summed E-state index contributed by atoms with van der Waals surface area (Å²) in [7, 11) is 1.61. The van der Waals surface area contributed by atoms with Crippen LogP contribution in [0.25, 0.3) is 0 Å². The summed E-state index contributed by atoms with van der Waals surface area (Å²) < 4.78 is 5.13. The number of urea groups is 1. The van der Waals surface area contributed by atoms with Gasteiger partial charge in [0, 0.05) is 26.6 Å². The van der Waals surface area contributed by atoms with Crippen LogP contribution in [0, 0.1) is 0 Å². The minimum absolute atomic E-state index is 0.223. The fraction of sp³-hybridized carbons (Fsp3) is 0.429. The van der Waals surface area contributed by atoms with Crippen LogP contribution in [0.4, 0.5) is 4.79 Å². The molecule has 0 fully saturated rings. The van der Waals surface area contributed by atoms with Crippen LogP contribution in [0.5, 0.6) is 5.75 Å². The molecule has 0 bridgehead atoms. The number of methoxy groups -OCH3 is 1. The maximum Gasteiger partial charge on any atom is 0.324 e. The standard InChI is InChI=1S/C14H21N3O3/c1-11(18)17(9-7-15)14(19)16-8-6-12-4-3-5-13(10-12)20-2/h3-5,10H,6-9,15H2,1-2H3,(H,16,19). The number of amides is 3. The maximum atomic E-state index is 11.8. The highest BCUT2D eigenvalue weighted by Crippen LogP contribution is 2.12. The van der Waals surface area contributed by atoms with Crippen molar-refractivity contribution in [2.75, 3.05) is 26.7 Å². The summed E-state index contributed by atoms with van der Waals surface area (Å²) in [6.45, 7) is 2.26. The second kappa shape index (κ2) is 8.16. The Labute approximate surface area is 118 Å². The molecule has 0 atom stereocenters. The summed E-state index contributed by atoms with van der Waals surface area (Å²) in [5.74, 6) is 0.469. The zero-order valence-electron chi connectivity index (χ0n) is 11.9. The van der Waals surface area contributed by atoms with Crippen LogP contribution in [0.3, 0.4) is 0 Å². The summed E-state index contributed by atoms with van der Waals surface area (Å²) in [5.41, 5.74) is 6.42. The molecule has 3 amide bonds. The van der Waals surface area contributed by atoms with Gasteiger partial charge in [0.2, 0.25) is 5.91 Å². The number of ether oxygens (including phenoxy) is 1. The third kappa shape index (κ3) is 4.89. The van der Waals surface area contributed by atoms with E-state index in [2.05, 4.69) is 5.32 Å². The number of hydrogen-bond acceptors (Lipinski definition) is 4. The van der Waals surface area contributed by atoms with Crippen LogP contribution < -0.4 is 15.8 Å². The Morgan fingerprint density at radius 1 is 1.40 bits per heavy atom. The molecule has 0 saturated heterocycles. The smallest absolute Gasteiger partial charge is 0.324 e. The lowest BCUT2D eigenvalue weighted by atomic mass is 10.1. The van der Waals surface area contributed by atoms with Gasteiger partial charge in [-0.1, -0.05) is 12.1 Å². The molecular formula is C14H21N3O3. The van der Waals surface area contributed by atoms with Crippen LogP contribution >= 0.6 is 0 Å². The van der Waals surface area contributed by atoms with E-state index in [9.17, 15) is 9.59 Å². The highest BCUT2D eigenvalue weighted by Gasteiger charge is 2.15. The van der Waals surface area contributed by atoms with E-state index >= 15 is 0 Å². The highest BCUT2D eigenvalue weighted by atomic mass is 16.5. The van der Waals surface area contributed by atoms with Crippen LogP contribution in [0.15, 0.2) is 24.3 Å². The monoisotopic (exact) mass is 279 g/mol. The van der Waals surface area contributed by atoms with Crippen molar-refractivity contribution in [1.29, 1.82) is 0 Å². The van der Waals surface area contributed by atoms with Gasteiger partial charge in [-0.05, 0) is 24.1 Å². The topological polar surface area (TPSA) is 84.7 Å². The molecule has 20 heavy (non-hydrogen) atoms. The number of rotatable bonds is 6. The number of imide groups is 1. The number of carbonyl (C=O) groups excluding carboxylic acids is 2. The highest BCUT2D eigenvalue weighted by molar-refractivity contribution is 5.93. The van der Waals surface area contributed by atoms with Crippen molar-refractivity contribution >= 4 is 11.9 Å². The first-order valence-electron chi connectivity index (χ1n) is 6.47. The molecule has 0 saturated carbocycles. The van der Waals surface area contributed by atoms with Crippen molar-refractivity contribution in [3.05, 3.63) is 29.8 Å². The van der Waals surface area contributed by atoms with Gasteiger partial charge in [0.1, 0.15) is 5.75 Å². The summed E-state index contributed by atoms with van der Waals surface area (Å²) in [6, 6.07) is 7.21. The maximum absolute atomic E-state index is 11.8.